The molecule has 9 nitrogen and oxygen atoms in total. The standard InChI is InChI=1S/C30H31N5O4S/c1-17(2)26(35-14-22-10-20(12-31)6-9-24(22)29(35)38)30(39)34-15-23(36)11-25(34)28(37)32-13-19-4-7-21(8-5-19)27-18(3)33-16-40-27/h4-10,16-17,23,25-26,36H,11,13-15H2,1-3H3,(H,32,37)/t23-,25+,26+/m1/s1. The molecular weight excluding hydrogens is 526 g/mol. The highest BCUT2D eigenvalue weighted by atomic mass is 32.1. The molecule has 2 aliphatic heterocycles. The highest BCUT2D eigenvalue weighted by molar-refractivity contribution is 7.13. The smallest absolute Gasteiger partial charge is 0.255 e. The summed E-state index contributed by atoms with van der Waals surface area (Å²) in [7, 11) is 0. The fraction of sp³-hybridized carbons (Fsp3) is 0.367. The Morgan fingerprint density at radius 1 is 1.23 bits per heavy atom. The number of aliphatic hydroxyl groups excluding tert-OH is 1. The van der Waals surface area contributed by atoms with Crippen LogP contribution in [-0.4, -0.2) is 62.3 Å². The highest BCUT2D eigenvalue weighted by Gasteiger charge is 2.45. The van der Waals surface area contributed by atoms with Crippen molar-refractivity contribution in [3.05, 3.63) is 75.9 Å². The van der Waals surface area contributed by atoms with Gasteiger partial charge in [-0.2, -0.15) is 5.26 Å². The van der Waals surface area contributed by atoms with Crippen LogP contribution in [-0.2, 0) is 22.7 Å². The first-order valence-electron chi connectivity index (χ1n) is 13.3. The Hall–Kier alpha value is -4.07. The molecule has 40 heavy (non-hydrogen) atoms. The molecule has 2 N–H and O–H groups in total. The molecule has 2 aromatic carbocycles. The van der Waals surface area contributed by atoms with E-state index in [0.717, 1.165) is 21.7 Å². The predicted octanol–water partition coefficient (Wildman–Crippen LogP) is 3.25. The van der Waals surface area contributed by atoms with Gasteiger partial charge in [0.05, 0.1) is 33.8 Å². The first kappa shape index (κ1) is 27.5. The number of nitriles is 1. The maximum absolute atomic E-state index is 13.9. The van der Waals surface area contributed by atoms with E-state index < -0.39 is 18.2 Å². The van der Waals surface area contributed by atoms with Gasteiger partial charge in [-0.15, -0.1) is 11.3 Å². The van der Waals surface area contributed by atoms with E-state index in [2.05, 4.69) is 16.4 Å². The van der Waals surface area contributed by atoms with Crippen LogP contribution in [0.2, 0.25) is 0 Å². The van der Waals surface area contributed by atoms with Crippen LogP contribution in [0.1, 0.15) is 53.0 Å². The third kappa shape index (κ3) is 5.22. The number of carbonyl (C=O) groups excluding carboxylic acids is 3. The number of likely N-dealkylation sites (tertiary alicyclic amines) is 1. The lowest BCUT2D eigenvalue weighted by Crippen LogP contribution is -2.55. The Balaban J connectivity index is 1.28. The van der Waals surface area contributed by atoms with Crippen LogP contribution in [0.5, 0.6) is 0 Å². The first-order valence-corrected chi connectivity index (χ1v) is 14.2. The zero-order chi connectivity index (χ0) is 28.6. The Morgan fingerprint density at radius 2 is 1.98 bits per heavy atom. The average molecular weight is 558 g/mol. The zero-order valence-corrected chi connectivity index (χ0v) is 23.4. The van der Waals surface area contributed by atoms with Gasteiger partial charge in [0, 0.05) is 31.6 Å². The summed E-state index contributed by atoms with van der Waals surface area (Å²) in [5.41, 5.74) is 6.39. The average Bonchev–Trinajstić information content (AvgIpc) is 3.64. The third-order valence-corrected chi connectivity index (χ3v) is 8.56. The molecule has 3 heterocycles. The molecule has 0 bridgehead atoms. The van der Waals surface area contributed by atoms with Gasteiger partial charge in [0.25, 0.3) is 5.91 Å². The molecule has 1 saturated heterocycles. The van der Waals surface area contributed by atoms with Gasteiger partial charge in [0.1, 0.15) is 12.1 Å². The lowest BCUT2D eigenvalue weighted by atomic mass is 10.0. The summed E-state index contributed by atoms with van der Waals surface area (Å²) in [6.07, 6.45) is -0.704. The van der Waals surface area contributed by atoms with Crippen LogP contribution in [0.15, 0.2) is 48.0 Å². The largest absolute Gasteiger partial charge is 0.391 e. The summed E-state index contributed by atoms with van der Waals surface area (Å²) in [6, 6.07) is 13.2. The molecule has 0 aliphatic carbocycles. The molecule has 3 atom stereocenters. The number of β-amino-alcohol motifs (C(OH)–C–C–N with tert-alkyl or cyclic N) is 1. The number of hydrogen-bond donors (Lipinski definition) is 2. The third-order valence-electron chi connectivity index (χ3n) is 7.58. The molecule has 0 unspecified atom stereocenters. The summed E-state index contributed by atoms with van der Waals surface area (Å²) in [5, 5.41) is 22.6. The number of aromatic nitrogens is 1. The number of carbonyl (C=O) groups is 3. The van der Waals surface area contributed by atoms with Crippen molar-refractivity contribution in [2.24, 2.45) is 5.92 Å². The Kier molecular flexibility index (Phi) is 7.70. The van der Waals surface area contributed by atoms with Gasteiger partial charge in [-0.1, -0.05) is 38.1 Å². The second-order valence-electron chi connectivity index (χ2n) is 10.7. The van der Waals surface area contributed by atoms with Gasteiger partial charge in [-0.25, -0.2) is 4.98 Å². The lowest BCUT2D eigenvalue weighted by Gasteiger charge is -2.35. The molecule has 1 aromatic heterocycles. The minimum Gasteiger partial charge on any atom is -0.391 e. The quantitative estimate of drug-likeness (QED) is 0.459. The maximum Gasteiger partial charge on any atom is 0.255 e. The zero-order valence-electron chi connectivity index (χ0n) is 22.6. The molecule has 3 aromatic rings. The van der Waals surface area contributed by atoms with Crippen LogP contribution >= 0.6 is 11.3 Å². The number of hydrogen-bond acceptors (Lipinski definition) is 7. The van der Waals surface area contributed by atoms with Gasteiger partial charge in [-0.3, -0.25) is 14.4 Å². The number of aryl methyl sites for hydroxylation is 1. The van der Waals surface area contributed by atoms with Crippen molar-refractivity contribution in [1.29, 1.82) is 5.26 Å². The van der Waals surface area contributed by atoms with Crippen LogP contribution in [0.4, 0.5) is 0 Å². The van der Waals surface area contributed by atoms with E-state index in [1.54, 1.807) is 29.5 Å². The molecular formula is C30H31N5O4S. The fourth-order valence-electron chi connectivity index (χ4n) is 5.55. The van der Waals surface area contributed by atoms with E-state index in [9.17, 15) is 24.8 Å². The Morgan fingerprint density at radius 3 is 2.62 bits per heavy atom. The van der Waals surface area contributed by atoms with Gasteiger partial charge in [0.2, 0.25) is 11.8 Å². The normalized spacial score (nSPS) is 19.1. The molecule has 10 heteroatoms. The number of benzene rings is 2. The Bertz CT molecular complexity index is 1490. The van der Waals surface area contributed by atoms with Gasteiger partial charge in [-0.05, 0) is 47.7 Å². The minimum absolute atomic E-state index is 0.0244. The molecule has 0 radical (unpaired) electrons. The van der Waals surface area contributed by atoms with E-state index in [-0.39, 0.29) is 49.7 Å². The van der Waals surface area contributed by atoms with Crippen molar-refractivity contribution in [2.75, 3.05) is 6.54 Å². The van der Waals surface area contributed by atoms with Crippen molar-refractivity contribution in [3.63, 3.8) is 0 Å². The van der Waals surface area contributed by atoms with Crippen molar-refractivity contribution < 1.29 is 19.5 Å². The molecule has 2 aliphatic rings. The molecule has 5 rings (SSSR count). The van der Waals surface area contributed by atoms with Crippen LogP contribution in [0.3, 0.4) is 0 Å². The van der Waals surface area contributed by atoms with E-state index >= 15 is 0 Å². The van der Waals surface area contributed by atoms with E-state index in [1.165, 1.54) is 9.80 Å². The number of nitrogens with zero attached hydrogens (tertiary/aromatic N) is 4. The van der Waals surface area contributed by atoms with Crippen molar-refractivity contribution in [1.82, 2.24) is 20.1 Å². The van der Waals surface area contributed by atoms with Crippen LogP contribution < -0.4 is 5.32 Å². The lowest BCUT2D eigenvalue weighted by molar-refractivity contribution is -0.143. The van der Waals surface area contributed by atoms with Crippen molar-refractivity contribution >= 4 is 29.1 Å². The van der Waals surface area contributed by atoms with Gasteiger partial charge >= 0.3 is 0 Å². The first-order chi connectivity index (χ1) is 19.2. The molecule has 0 saturated carbocycles. The van der Waals surface area contributed by atoms with E-state index in [1.807, 2.05) is 50.5 Å². The number of rotatable bonds is 7. The maximum atomic E-state index is 13.9. The second-order valence-corrected chi connectivity index (χ2v) is 11.5. The summed E-state index contributed by atoms with van der Waals surface area (Å²) < 4.78 is 0. The predicted molar refractivity (Wildman–Crippen MR) is 150 cm³/mol. The SMILES string of the molecule is Cc1ncsc1-c1ccc(CNC(=O)[C@@H]2C[C@@H](O)CN2C(=O)[C@H](C(C)C)N2Cc3cc(C#N)ccc3C2=O)cc1. The monoisotopic (exact) mass is 557 g/mol. The number of amides is 3. The van der Waals surface area contributed by atoms with Crippen LogP contribution in [0.25, 0.3) is 10.4 Å². The number of nitrogens with one attached hydrogen (secondary N) is 1. The molecule has 0 spiro atoms. The number of thiazole rings is 1. The summed E-state index contributed by atoms with van der Waals surface area (Å²) in [5.74, 6) is -1.21. The summed E-state index contributed by atoms with van der Waals surface area (Å²) >= 11 is 1.58. The van der Waals surface area contributed by atoms with Gasteiger partial charge in [0.15, 0.2) is 0 Å². The topological polar surface area (TPSA) is 127 Å². The number of fused-ring (bicyclic) bond motifs is 1. The molecule has 1 fully saturated rings. The fourth-order valence-corrected chi connectivity index (χ4v) is 6.36. The van der Waals surface area contributed by atoms with E-state index in [4.69, 9.17) is 0 Å². The minimum atomic E-state index is -0.840. The Labute approximate surface area is 237 Å². The van der Waals surface area contributed by atoms with Crippen molar-refractivity contribution in [2.45, 2.75) is 58.5 Å². The molecule has 206 valence electrons. The second kappa shape index (κ2) is 11.2. The molecule has 3 amide bonds. The van der Waals surface area contributed by atoms with E-state index in [0.29, 0.717) is 16.7 Å². The van der Waals surface area contributed by atoms with Crippen molar-refractivity contribution in [3.8, 4) is 16.5 Å². The highest BCUT2D eigenvalue weighted by Crippen LogP contribution is 2.31. The number of aliphatic hydroxyl groups is 1. The van der Waals surface area contributed by atoms with Gasteiger partial charge < -0.3 is 20.2 Å². The van der Waals surface area contributed by atoms with Crippen LogP contribution in [0, 0.1) is 24.2 Å². The summed E-state index contributed by atoms with van der Waals surface area (Å²) in [6.45, 7) is 6.20. The summed E-state index contributed by atoms with van der Waals surface area (Å²) in [4.78, 5) is 48.8.